The molecule has 0 atom stereocenters. The van der Waals surface area contributed by atoms with Crippen LogP contribution in [0.15, 0.2) is 12.3 Å². The zero-order valence-electron chi connectivity index (χ0n) is 7.72. The third-order valence-corrected chi connectivity index (χ3v) is 4.28. The van der Waals surface area contributed by atoms with Gasteiger partial charge in [-0.1, -0.05) is 0 Å². The molecule has 0 aromatic carbocycles. The van der Waals surface area contributed by atoms with Gasteiger partial charge in [0.2, 0.25) is 0 Å². The van der Waals surface area contributed by atoms with Crippen molar-refractivity contribution in [3.05, 3.63) is 12.3 Å². The maximum atomic E-state index is 4.24. The molecule has 0 amide bonds. The number of quaternary nitrogens is 1. The van der Waals surface area contributed by atoms with Crippen molar-refractivity contribution in [1.29, 1.82) is 0 Å². The molecule has 2 heterocycles. The van der Waals surface area contributed by atoms with Gasteiger partial charge in [-0.25, -0.2) is 0 Å². The van der Waals surface area contributed by atoms with E-state index in [0.29, 0.717) is 0 Å². The van der Waals surface area contributed by atoms with E-state index in [2.05, 4.69) is 18.3 Å². The van der Waals surface area contributed by atoms with E-state index >= 15 is 0 Å². The quantitative estimate of drug-likeness (QED) is 0.520. The van der Waals surface area contributed by atoms with E-state index in [4.69, 9.17) is 0 Å². The van der Waals surface area contributed by atoms with Gasteiger partial charge in [-0.15, -0.1) is 11.8 Å². The molecule has 2 rings (SSSR count). The van der Waals surface area contributed by atoms with E-state index in [1.807, 2.05) is 0 Å². The standard InChI is InChI=1S/C10H18NS/c1-10-9-12-8-7-11(10)5-3-2-4-6-11/h1-9H2/q+1. The van der Waals surface area contributed by atoms with Crippen molar-refractivity contribution < 1.29 is 4.48 Å². The van der Waals surface area contributed by atoms with E-state index in [1.165, 1.54) is 60.6 Å². The Balaban J connectivity index is 2.09. The Kier molecular flexibility index (Phi) is 2.47. The fourth-order valence-corrected chi connectivity index (χ4v) is 3.51. The van der Waals surface area contributed by atoms with E-state index in [0.717, 1.165) is 0 Å². The largest absolute Gasteiger partial charge is 0.294 e. The fourth-order valence-electron chi connectivity index (χ4n) is 2.38. The van der Waals surface area contributed by atoms with Gasteiger partial charge in [0.1, 0.15) is 5.70 Å². The highest BCUT2D eigenvalue weighted by atomic mass is 32.2. The van der Waals surface area contributed by atoms with E-state index in [-0.39, 0.29) is 0 Å². The Morgan fingerprint density at radius 2 is 1.83 bits per heavy atom. The molecule has 68 valence electrons. The predicted octanol–water partition coefficient (Wildman–Crippen LogP) is 2.25. The monoisotopic (exact) mass is 184 g/mol. The van der Waals surface area contributed by atoms with Crippen LogP contribution in [0.5, 0.6) is 0 Å². The Morgan fingerprint density at radius 3 is 2.50 bits per heavy atom. The first kappa shape index (κ1) is 8.64. The van der Waals surface area contributed by atoms with Gasteiger partial charge in [0.05, 0.1) is 25.4 Å². The van der Waals surface area contributed by atoms with Crippen LogP contribution in [0.4, 0.5) is 0 Å². The predicted molar refractivity (Wildman–Crippen MR) is 55.2 cm³/mol. The zero-order valence-corrected chi connectivity index (χ0v) is 8.54. The first-order chi connectivity index (χ1) is 5.83. The molecule has 0 aromatic rings. The molecule has 0 radical (unpaired) electrons. The Labute approximate surface area is 79.4 Å². The molecule has 0 aliphatic carbocycles. The summed E-state index contributed by atoms with van der Waals surface area (Å²) < 4.78 is 1.27. The first-order valence-corrected chi connectivity index (χ1v) is 6.11. The molecule has 1 nitrogen and oxygen atoms in total. The highest BCUT2D eigenvalue weighted by Gasteiger charge is 2.35. The Bertz CT molecular complexity index is 174. The van der Waals surface area contributed by atoms with Crippen molar-refractivity contribution in [2.24, 2.45) is 0 Å². The van der Waals surface area contributed by atoms with Crippen molar-refractivity contribution in [1.82, 2.24) is 0 Å². The van der Waals surface area contributed by atoms with E-state index < -0.39 is 0 Å². The summed E-state index contributed by atoms with van der Waals surface area (Å²) in [6.07, 6.45) is 4.29. The molecule has 0 bridgehead atoms. The third kappa shape index (κ3) is 1.42. The van der Waals surface area contributed by atoms with Crippen LogP contribution in [0.2, 0.25) is 0 Å². The zero-order chi connectivity index (χ0) is 8.44. The van der Waals surface area contributed by atoms with Crippen molar-refractivity contribution >= 4 is 11.8 Å². The molecule has 0 unspecified atom stereocenters. The SMILES string of the molecule is C=C1CSCC[N+]12CCCCC2. The topological polar surface area (TPSA) is 0 Å². The maximum absolute atomic E-state index is 4.24. The molecule has 2 saturated heterocycles. The number of piperidine rings is 1. The third-order valence-electron chi connectivity index (χ3n) is 3.28. The van der Waals surface area contributed by atoms with Crippen molar-refractivity contribution in [2.75, 3.05) is 31.1 Å². The lowest BCUT2D eigenvalue weighted by Crippen LogP contribution is -2.53. The van der Waals surface area contributed by atoms with Crippen molar-refractivity contribution in [2.45, 2.75) is 19.3 Å². The van der Waals surface area contributed by atoms with Crippen molar-refractivity contribution in [3.63, 3.8) is 0 Å². The lowest BCUT2D eigenvalue weighted by Gasteiger charge is -2.44. The van der Waals surface area contributed by atoms with Crippen LogP contribution in [0.1, 0.15) is 19.3 Å². The van der Waals surface area contributed by atoms with Crippen LogP contribution in [0, 0.1) is 0 Å². The van der Waals surface area contributed by atoms with Crippen LogP contribution in [-0.4, -0.2) is 35.6 Å². The summed E-state index contributed by atoms with van der Waals surface area (Å²) in [5.74, 6) is 2.55. The minimum atomic E-state index is 1.21. The molecule has 0 aromatic heterocycles. The average molecular weight is 184 g/mol. The van der Waals surface area contributed by atoms with Crippen LogP contribution in [0.25, 0.3) is 0 Å². The van der Waals surface area contributed by atoms with Gasteiger partial charge < -0.3 is 0 Å². The summed E-state index contributed by atoms with van der Waals surface area (Å²) in [5, 5.41) is 0. The van der Waals surface area contributed by atoms with Gasteiger partial charge in [0.15, 0.2) is 0 Å². The molecule has 0 saturated carbocycles. The van der Waals surface area contributed by atoms with Crippen LogP contribution in [0.3, 0.4) is 0 Å². The summed E-state index contributed by atoms with van der Waals surface area (Å²) >= 11 is 2.06. The van der Waals surface area contributed by atoms with Gasteiger partial charge in [-0.2, -0.15) is 0 Å². The molecular weight excluding hydrogens is 166 g/mol. The second-order valence-corrected chi connectivity index (χ2v) is 5.10. The van der Waals surface area contributed by atoms with Crippen molar-refractivity contribution in [3.8, 4) is 0 Å². The fraction of sp³-hybridized carbons (Fsp3) is 0.800. The highest BCUT2D eigenvalue weighted by Crippen LogP contribution is 2.30. The Morgan fingerprint density at radius 1 is 1.08 bits per heavy atom. The van der Waals surface area contributed by atoms with Crippen LogP contribution < -0.4 is 0 Å². The van der Waals surface area contributed by atoms with E-state index in [9.17, 15) is 0 Å². The second kappa shape index (κ2) is 3.43. The number of thioether (sulfide) groups is 1. The summed E-state index contributed by atoms with van der Waals surface area (Å²) in [7, 11) is 0. The molecule has 2 heteroatoms. The van der Waals surface area contributed by atoms with Gasteiger partial charge in [-0.05, 0) is 25.8 Å². The van der Waals surface area contributed by atoms with Crippen LogP contribution in [-0.2, 0) is 0 Å². The number of hydrogen-bond acceptors (Lipinski definition) is 1. The molecule has 2 aliphatic rings. The molecular formula is C10H18NS+. The molecule has 2 aliphatic heterocycles. The second-order valence-electron chi connectivity index (χ2n) is 4.00. The molecule has 1 spiro atoms. The van der Waals surface area contributed by atoms with Gasteiger partial charge >= 0.3 is 0 Å². The summed E-state index contributed by atoms with van der Waals surface area (Å²) in [4.78, 5) is 0. The molecule has 12 heavy (non-hydrogen) atoms. The summed E-state index contributed by atoms with van der Waals surface area (Å²) in [6.45, 7) is 8.34. The number of rotatable bonds is 0. The minimum Gasteiger partial charge on any atom is -0.294 e. The number of hydrogen-bond donors (Lipinski definition) is 0. The minimum absolute atomic E-state index is 1.21. The smallest absolute Gasteiger partial charge is 0.112 e. The Hall–Kier alpha value is 0.0500. The highest BCUT2D eigenvalue weighted by molar-refractivity contribution is 7.99. The van der Waals surface area contributed by atoms with Gasteiger partial charge in [0.25, 0.3) is 0 Å². The molecule has 0 N–H and O–H groups in total. The normalized spacial score (nSPS) is 29.2. The lowest BCUT2D eigenvalue weighted by molar-refractivity contribution is -0.894. The van der Waals surface area contributed by atoms with E-state index in [1.54, 1.807) is 0 Å². The van der Waals surface area contributed by atoms with Gasteiger partial charge in [-0.3, -0.25) is 4.48 Å². The first-order valence-electron chi connectivity index (χ1n) is 4.96. The lowest BCUT2D eigenvalue weighted by atomic mass is 10.1. The maximum Gasteiger partial charge on any atom is 0.112 e. The number of nitrogens with zero attached hydrogens (tertiary/aromatic N) is 1. The summed E-state index contributed by atoms with van der Waals surface area (Å²) in [6, 6.07) is 0. The summed E-state index contributed by atoms with van der Waals surface area (Å²) in [5.41, 5.74) is 1.49. The average Bonchev–Trinajstić information content (AvgIpc) is 2.12. The van der Waals surface area contributed by atoms with Crippen LogP contribution >= 0.6 is 11.8 Å². The molecule has 2 fully saturated rings. The van der Waals surface area contributed by atoms with Gasteiger partial charge in [0, 0.05) is 5.75 Å².